The molecule has 0 bridgehead atoms. The largest absolute Gasteiger partial charge is 1.00 e. The van der Waals surface area contributed by atoms with Crippen molar-refractivity contribution in [2.75, 3.05) is 6.61 Å². The van der Waals surface area contributed by atoms with Crippen LogP contribution >= 0.6 is 0 Å². The fraction of sp³-hybridized carbons (Fsp3) is 1.00. The molecule has 14 heavy (non-hydrogen) atoms. The van der Waals surface area contributed by atoms with Gasteiger partial charge in [-0.25, -0.2) is 8.42 Å². The molecular weight excluding hydrogens is 223 g/mol. The minimum Gasteiger partial charge on any atom is -0.746 e. The first-order valence-corrected chi connectivity index (χ1v) is 5.14. The van der Waals surface area contributed by atoms with Crippen molar-refractivity contribution < 1.29 is 57.1 Å². The van der Waals surface area contributed by atoms with Crippen LogP contribution in [0.5, 0.6) is 0 Å². The van der Waals surface area contributed by atoms with Crippen LogP contribution in [0.3, 0.4) is 0 Å². The van der Waals surface area contributed by atoms with Gasteiger partial charge in [0.2, 0.25) is 0 Å². The predicted molar refractivity (Wildman–Crippen MR) is 40.6 cm³/mol. The molecule has 6 nitrogen and oxygen atoms in total. The van der Waals surface area contributed by atoms with Crippen molar-refractivity contribution in [2.24, 2.45) is 0 Å². The van der Waals surface area contributed by atoms with Gasteiger partial charge in [0.1, 0.15) is 16.2 Å². The van der Waals surface area contributed by atoms with E-state index in [1.54, 1.807) is 13.8 Å². The van der Waals surface area contributed by atoms with Gasteiger partial charge in [0.25, 0.3) is 0 Å². The van der Waals surface area contributed by atoms with E-state index in [4.69, 9.17) is 14.6 Å². The summed E-state index contributed by atoms with van der Waals surface area (Å²) in [7, 11) is -4.74. The van der Waals surface area contributed by atoms with Crippen LogP contribution < -0.4 is 29.6 Å². The van der Waals surface area contributed by atoms with E-state index in [2.05, 4.69) is 0 Å². The van der Waals surface area contributed by atoms with Gasteiger partial charge in [-0.1, -0.05) is 0 Å². The molecule has 1 fully saturated rings. The van der Waals surface area contributed by atoms with Crippen LogP contribution in [0, 0.1) is 0 Å². The maximum Gasteiger partial charge on any atom is 1.00 e. The average molecular weight is 234 g/mol. The average Bonchev–Trinajstić information content (AvgIpc) is 2.26. The van der Waals surface area contributed by atoms with Gasteiger partial charge < -0.3 is 19.1 Å². The van der Waals surface area contributed by atoms with E-state index in [1.807, 2.05) is 0 Å². The number of aliphatic hydroxyl groups excluding tert-OH is 1. The zero-order chi connectivity index (χ0) is 10.3. The third-order valence-electron chi connectivity index (χ3n) is 1.64. The molecule has 1 unspecified atom stereocenters. The second kappa shape index (κ2) is 4.75. The summed E-state index contributed by atoms with van der Waals surface area (Å²) in [5.74, 6) is -0.948. The quantitative estimate of drug-likeness (QED) is 0.386. The first-order valence-electron chi connectivity index (χ1n) is 3.67. The van der Waals surface area contributed by atoms with E-state index in [-0.39, 0.29) is 36.2 Å². The van der Waals surface area contributed by atoms with Crippen LogP contribution in [0.1, 0.15) is 13.8 Å². The van der Waals surface area contributed by atoms with Gasteiger partial charge in [0.05, 0.1) is 6.61 Å². The second-order valence-corrected chi connectivity index (χ2v) is 4.72. The SMILES string of the molecule is CC1(C)OC[C@H](C(O)S(=O)(=O)[O-])O1.[Na+]. The van der Waals surface area contributed by atoms with Gasteiger partial charge in [0, 0.05) is 0 Å². The summed E-state index contributed by atoms with van der Waals surface area (Å²) in [5, 5.41) is 9.01. The summed E-state index contributed by atoms with van der Waals surface area (Å²) in [6.45, 7) is 3.03. The fourth-order valence-electron chi connectivity index (χ4n) is 1.04. The molecule has 0 aliphatic carbocycles. The monoisotopic (exact) mass is 234 g/mol. The Morgan fingerprint density at radius 2 is 2.07 bits per heavy atom. The zero-order valence-corrected chi connectivity index (χ0v) is 11.1. The molecule has 2 atom stereocenters. The zero-order valence-electron chi connectivity index (χ0n) is 8.26. The van der Waals surface area contributed by atoms with Crippen LogP contribution in [-0.2, 0) is 19.6 Å². The molecule has 0 saturated carbocycles. The summed E-state index contributed by atoms with van der Waals surface area (Å²) < 4.78 is 41.1. The summed E-state index contributed by atoms with van der Waals surface area (Å²) in [5.41, 5.74) is -2.06. The summed E-state index contributed by atoms with van der Waals surface area (Å²) >= 11 is 0. The van der Waals surface area contributed by atoms with Gasteiger partial charge in [-0.15, -0.1) is 0 Å². The number of hydrogen-bond acceptors (Lipinski definition) is 6. The van der Waals surface area contributed by atoms with Gasteiger partial charge in [-0.05, 0) is 13.8 Å². The first-order chi connectivity index (χ1) is 5.72. The van der Waals surface area contributed by atoms with E-state index in [0.29, 0.717) is 0 Å². The Morgan fingerprint density at radius 1 is 1.57 bits per heavy atom. The van der Waals surface area contributed by atoms with Crippen molar-refractivity contribution in [2.45, 2.75) is 31.2 Å². The number of ether oxygens (including phenoxy) is 2. The second-order valence-electron chi connectivity index (χ2n) is 3.25. The molecule has 1 aliphatic rings. The molecule has 0 aromatic carbocycles. The van der Waals surface area contributed by atoms with E-state index in [9.17, 15) is 13.0 Å². The van der Waals surface area contributed by atoms with Crippen molar-refractivity contribution in [3.8, 4) is 0 Å². The van der Waals surface area contributed by atoms with Gasteiger partial charge in [0.15, 0.2) is 11.2 Å². The molecule has 1 saturated heterocycles. The normalized spacial score (nSPS) is 28.1. The minimum absolute atomic E-state index is 0. The summed E-state index contributed by atoms with van der Waals surface area (Å²) in [4.78, 5) is 0. The Balaban J connectivity index is 0.00000169. The molecular formula is C6H11NaO6S. The fourth-order valence-corrected chi connectivity index (χ4v) is 1.55. The van der Waals surface area contributed by atoms with Crippen molar-refractivity contribution in [1.82, 2.24) is 0 Å². The molecule has 1 N–H and O–H groups in total. The third-order valence-corrected chi connectivity index (χ3v) is 2.54. The first kappa shape index (κ1) is 14.8. The Morgan fingerprint density at radius 3 is 2.36 bits per heavy atom. The van der Waals surface area contributed by atoms with Gasteiger partial charge in [-0.2, -0.15) is 0 Å². The Kier molecular flexibility index (Phi) is 5.02. The molecule has 78 valence electrons. The van der Waals surface area contributed by atoms with E-state index in [1.165, 1.54) is 0 Å². The maximum atomic E-state index is 10.4. The molecule has 0 spiro atoms. The Labute approximate surface area is 105 Å². The molecule has 8 heteroatoms. The van der Waals surface area contributed by atoms with E-state index in [0.717, 1.165) is 0 Å². The number of aliphatic hydroxyl groups is 1. The van der Waals surface area contributed by atoms with Crippen molar-refractivity contribution >= 4 is 10.1 Å². The third kappa shape index (κ3) is 3.74. The summed E-state index contributed by atoms with van der Waals surface area (Å²) in [6.07, 6.45) is -1.10. The summed E-state index contributed by atoms with van der Waals surface area (Å²) in [6, 6.07) is 0. The molecule has 1 aliphatic heterocycles. The maximum absolute atomic E-state index is 10.4. The van der Waals surface area contributed by atoms with Crippen molar-refractivity contribution in [3.63, 3.8) is 0 Å². The molecule has 1 heterocycles. The molecule has 0 aromatic heterocycles. The van der Waals surface area contributed by atoms with E-state index >= 15 is 0 Å². The molecule has 0 radical (unpaired) electrons. The smallest absolute Gasteiger partial charge is 0.746 e. The molecule has 0 aromatic rings. The minimum atomic E-state index is -4.74. The number of rotatable bonds is 2. The van der Waals surface area contributed by atoms with Gasteiger partial charge >= 0.3 is 29.6 Å². The van der Waals surface area contributed by atoms with E-state index < -0.39 is 27.4 Å². The van der Waals surface area contributed by atoms with Crippen molar-refractivity contribution in [1.29, 1.82) is 0 Å². The molecule has 1 rings (SSSR count). The van der Waals surface area contributed by atoms with Crippen LogP contribution in [0.4, 0.5) is 0 Å². The number of hydrogen-bond donors (Lipinski definition) is 1. The standard InChI is InChI=1S/C6H12O6S.Na/c1-6(2)11-3-4(12-6)5(7)13(8,9)10;/h4-5,7H,3H2,1-2H3,(H,8,9,10);/q;+1/p-1/t4-,5?;/m1./s1. The van der Waals surface area contributed by atoms with Crippen LogP contribution in [0.2, 0.25) is 0 Å². The predicted octanol–water partition coefficient (Wildman–Crippen LogP) is -3.99. The Bertz CT molecular complexity index is 287. The van der Waals surface area contributed by atoms with Crippen LogP contribution in [0.15, 0.2) is 0 Å². The molecule has 0 amide bonds. The topological polar surface area (TPSA) is 95.9 Å². The van der Waals surface area contributed by atoms with Crippen molar-refractivity contribution in [3.05, 3.63) is 0 Å². The van der Waals surface area contributed by atoms with Crippen LogP contribution in [0.25, 0.3) is 0 Å². The van der Waals surface area contributed by atoms with Crippen LogP contribution in [-0.4, -0.2) is 42.0 Å². The van der Waals surface area contributed by atoms with Gasteiger partial charge in [-0.3, -0.25) is 0 Å². The Hall–Kier alpha value is 0.790.